The molecule has 238 valence electrons. The number of aromatic hydroxyl groups is 1. The van der Waals surface area contributed by atoms with Gasteiger partial charge in [0, 0.05) is 24.8 Å². The fourth-order valence-corrected chi connectivity index (χ4v) is 5.67. The van der Waals surface area contributed by atoms with Crippen molar-refractivity contribution < 1.29 is 63.9 Å². The van der Waals surface area contributed by atoms with E-state index in [0.717, 1.165) is 6.08 Å². The van der Waals surface area contributed by atoms with E-state index in [1.807, 2.05) is 13.8 Å². The Hall–Kier alpha value is -3.04. The van der Waals surface area contributed by atoms with Crippen molar-refractivity contribution in [2.24, 2.45) is 17.8 Å². The third-order valence-electron chi connectivity index (χ3n) is 7.92. The summed E-state index contributed by atoms with van der Waals surface area (Å²) in [7, 11) is 0. The molecule has 0 amide bonds. The minimum atomic E-state index is -2.08. The van der Waals surface area contributed by atoms with E-state index in [2.05, 4.69) is 0 Å². The number of carbonyl (C=O) groups excluding carboxylic acids is 2. The molecule has 0 spiro atoms. The number of hydrogen-bond donors (Lipinski definition) is 6. The lowest BCUT2D eigenvalue weighted by Crippen LogP contribution is -2.55. The van der Waals surface area contributed by atoms with Crippen LogP contribution in [0.3, 0.4) is 0 Å². The zero-order valence-corrected chi connectivity index (χ0v) is 24.0. The van der Waals surface area contributed by atoms with Gasteiger partial charge in [-0.1, -0.05) is 26.0 Å². The first-order valence-electron chi connectivity index (χ1n) is 14.2. The molecule has 43 heavy (non-hydrogen) atoms. The lowest BCUT2D eigenvalue weighted by atomic mass is 9.80. The minimum Gasteiger partial charge on any atom is -0.508 e. The third kappa shape index (κ3) is 7.73. The Kier molecular flexibility index (Phi) is 10.8. The van der Waals surface area contributed by atoms with Crippen LogP contribution in [0.4, 0.5) is 0 Å². The molecule has 1 aromatic carbocycles. The Labute approximate surface area is 248 Å². The molecule has 9 atom stereocenters. The summed E-state index contributed by atoms with van der Waals surface area (Å²) in [5.41, 5.74) is -1.03. The highest BCUT2D eigenvalue weighted by Gasteiger charge is 2.62. The zero-order chi connectivity index (χ0) is 31.3. The number of carbonyl (C=O) groups is 2. The van der Waals surface area contributed by atoms with Gasteiger partial charge in [-0.2, -0.15) is 0 Å². The summed E-state index contributed by atoms with van der Waals surface area (Å²) in [6, 6.07) is 6.09. The van der Waals surface area contributed by atoms with Crippen molar-refractivity contribution in [3.8, 4) is 5.75 Å². The van der Waals surface area contributed by atoms with Gasteiger partial charge in [0.25, 0.3) is 0 Å². The number of fused-ring (bicyclic) bond motifs is 1. The lowest BCUT2D eigenvalue weighted by Gasteiger charge is -2.40. The van der Waals surface area contributed by atoms with Gasteiger partial charge in [0.1, 0.15) is 23.6 Å². The van der Waals surface area contributed by atoms with Crippen molar-refractivity contribution in [3.63, 3.8) is 0 Å². The van der Waals surface area contributed by atoms with Gasteiger partial charge in [0.2, 0.25) is 6.29 Å². The number of rotatable bonds is 11. The van der Waals surface area contributed by atoms with E-state index < -0.39 is 73.0 Å². The molecule has 13 heteroatoms. The number of phenols is 1. The Morgan fingerprint density at radius 1 is 1.09 bits per heavy atom. The summed E-state index contributed by atoms with van der Waals surface area (Å²) in [6.07, 6.45) is -3.13. The van der Waals surface area contributed by atoms with Gasteiger partial charge in [0.15, 0.2) is 6.29 Å². The third-order valence-corrected chi connectivity index (χ3v) is 7.92. The normalized spacial score (nSPS) is 34.0. The minimum absolute atomic E-state index is 0.00721. The highest BCUT2D eigenvalue weighted by Crippen LogP contribution is 2.50. The molecule has 1 saturated heterocycles. The van der Waals surface area contributed by atoms with Crippen LogP contribution in [-0.2, 0) is 33.3 Å². The van der Waals surface area contributed by atoms with Gasteiger partial charge in [-0.3, -0.25) is 4.79 Å². The van der Waals surface area contributed by atoms with Crippen LogP contribution in [0, 0.1) is 17.8 Å². The van der Waals surface area contributed by atoms with Crippen LogP contribution >= 0.6 is 0 Å². The number of hydrogen-bond acceptors (Lipinski definition) is 13. The molecule has 1 aromatic rings. The molecule has 4 rings (SSSR count). The Bertz CT molecular complexity index is 1170. The zero-order valence-electron chi connectivity index (χ0n) is 24.0. The second-order valence-electron chi connectivity index (χ2n) is 11.6. The van der Waals surface area contributed by atoms with Gasteiger partial charge < -0.3 is 54.3 Å². The van der Waals surface area contributed by atoms with Crippen molar-refractivity contribution in [1.82, 2.24) is 0 Å². The maximum Gasteiger partial charge on any atom is 0.331 e. The van der Waals surface area contributed by atoms with Crippen molar-refractivity contribution in [3.05, 3.63) is 47.7 Å². The summed E-state index contributed by atoms with van der Waals surface area (Å²) in [5.74, 6) is -3.06. The van der Waals surface area contributed by atoms with Gasteiger partial charge in [-0.05, 0) is 41.7 Å². The lowest BCUT2D eigenvalue weighted by molar-refractivity contribution is -0.269. The van der Waals surface area contributed by atoms with Gasteiger partial charge in [-0.25, -0.2) is 4.79 Å². The summed E-state index contributed by atoms with van der Waals surface area (Å²) in [6.45, 7) is 2.22. The molecule has 1 aliphatic carbocycles. The van der Waals surface area contributed by atoms with E-state index in [4.69, 9.17) is 23.7 Å². The van der Waals surface area contributed by atoms with Crippen LogP contribution in [0.15, 0.2) is 42.2 Å². The van der Waals surface area contributed by atoms with Gasteiger partial charge in [0.05, 0.1) is 44.2 Å². The monoisotopic (exact) mass is 608 g/mol. The number of aliphatic hydroxyl groups is 5. The maximum absolute atomic E-state index is 12.8. The molecule has 6 N–H and O–H groups in total. The Morgan fingerprint density at radius 3 is 2.47 bits per heavy atom. The molecular weight excluding hydrogens is 568 g/mol. The van der Waals surface area contributed by atoms with Crippen LogP contribution in [0.1, 0.15) is 38.7 Å². The van der Waals surface area contributed by atoms with Crippen molar-refractivity contribution in [2.75, 3.05) is 19.8 Å². The number of benzene rings is 1. The maximum atomic E-state index is 12.8. The molecule has 3 aliphatic rings. The molecule has 2 heterocycles. The van der Waals surface area contributed by atoms with Gasteiger partial charge >= 0.3 is 11.9 Å². The summed E-state index contributed by atoms with van der Waals surface area (Å²) in [5, 5.41) is 61.5. The Balaban J connectivity index is 1.54. The summed E-state index contributed by atoms with van der Waals surface area (Å²) in [4.78, 5) is 25.3. The van der Waals surface area contributed by atoms with Crippen molar-refractivity contribution >= 4 is 18.0 Å². The average molecular weight is 609 g/mol. The smallest absolute Gasteiger partial charge is 0.331 e. The molecule has 0 radical (unpaired) electrons. The van der Waals surface area contributed by atoms with E-state index in [1.54, 1.807) is 12.1 Å². The first-order chi connectivity index (χ1) is 20.4. The second kappa shape index (κ2) is 14.2. The van der Waals surface area contributed by atoms with Crippen LogP contribution < -0.4 is 0 Å². The molecule has 0 bridgehead atoms. The molecule has 2 aliphatic heterocycles. The van der Waals surface area contributed by atoms with Crippen LogP contribution in [0.5, 0.6) is 5.75 Å². The summed E-state index contributed by atoms with van der Waals surface area (Å²) >= 11 is 0. The van der Waals surface area contributed by atoms with Crippen LogP contribution in [0.25, 0.3) is 6.08 Å². The largest absolute Gasteiger partial charge is 0.508 e. The molecule has 0 aromatic heterocycles. The number of ether oxygens (including phenoxy) is 5. The van der Waals surface area contributed by atoms with E-state index in [0.29, 0.717) is 11.1 Å². The molecule has 2 fully saturated rings. The van der Waals surface area contributed by atoms with Crippen LogP contribution in [-0.4, -0.2) is 105 Å². The van der Waals surface area contributed by atoms with Gasteiger partial charge in [-0.15, -0.1) is 0 Å². The highest BCUT2D eigenvalue weighted by atomic mass is 16.7. The average Bonchev–Trinajstić information content (AvgIpc) is 3.26. The fourth-order valence-electron chi connectivity index (χ4n) is 5.67. The number of phenolic OH excluding ortho intramolecular Hbond substituents is 1. The topological polar surface area (TPSA) is 202 Å². The fraction of sp³-hybridized carbons (Fsp3) is 0.600. The van der Waals surface area contributed by atoms with Crippen LogP contribution in [0.2, 0.25) is 0 Å². The second-order valence-corrected chi connectivity index (χ2v) is 11.6. The summed E-state index contributed by atoms with van der Waals surface area (Å²) < 4.78 is 28.2. The standard InChI is InChI=1S/C30H40O13/c1-16(2)9-25(36)43-28-26-21(18(13-39-28)14-40-29-27(37)22(34)10-20(12-31)41-29)11-23(30(26,38)15-32)42-24(35)8-5-17-3-6-19(33)7-4-17/h3-8,13,16,20-23,26-29,31-34,37-38H,9-12,14-15H2,1-2H3/b8-5-/t20-,21+,22-,23-,26+,27+,28-,29+,30+/m0/s1. The highest BCUT2D eigenvalue weighted by molar-refractivity contribution is 5.87. The first kappa shape index (κ1) is 32.9. The molecule has 1 saturated carbocycles. The first-order valence-corrected chi connectivity index (χ1v) is 14.2. The van der Waals surface area contributed by atoms with E-state index in [9.17, 15) is 40.2 Å². The number of esters is 2. The Morgan fingerprint density at radius 2 is 1.81 bits per heavy atom. The molecule has 13 nitrogen and oxygen atoms in total. The van der Waals surface area contributed by atoms with E-state index >= 15 is 0 Å². The SMILES string of the molecule is CC(C)CC(=O)O[C@@H]1OC=C(CO[C@@H]2O[C@H](CO)C[C@H](O)[C@H]2O)[C@H]2C[C@H](OC(=O)/C=C\c3ccc(O)cc3)[C@](O)(CO)[C@@H]12. The molecular formula is C30H40O13. The quantitative estimate of drug-likeness (QED) is 0.149. The van der Waals surface area contributed by atoms with E-state index in [-0.39, 0.29) is 44.1 Å². The van der Waals surface area contributed by atoms with Crippen molar-refractivity contribution in [1.29, 1.82) is 0 Å². The number of aliphatic hydroxyl groups excluding tert-OH is 4. The van der Waals surface area contributed by atoms with Crippen molar-refractivity contribution in [2.45, 2.75) is 75.7 Å². The van der Waals surface area contributed by atoms with E-state index in [1.165, 1.54) is 24.5 Å². The molecule has 0 unspecified atom stereocenters. The predicted octanol–water partition coefficient (Wildman–Crippen LogP) is 0.352. The predicted molar refractivity (Wildman–Crippen MR) is 147 cm³/mol.